The lowest BCUT2D eigenvalue weighted by atomic mass is 9.93. The summed E-state index contributed by atoms with van der Waals surface area (Å²) in [5, 5.41) is 8.83. The topological polar surface area (TPSA) is 66.8 Å². The minimum atomic E-state index is -0.750. The fraction of sp³-hybridized carbons (Fsp3) is 0.889. The van der Waals surface area contributed by atoms with Crippen LogP contribution in [0.15, 0.2) is 0 Å². The number of carboxylic acid groups (broad SMARTS) is 1. The predicted octanol–water partition coefficient (Wildman–Crippen LogP) is 3.22. The summed E-state index contributed by atoms with van der Waals surface area (Å²) in [5.41, 5.74) is 0. The smallest absolute Gasteiger partial charge is 0.303 e. The number of carbonyl (C=O) groups excluding carboxylic acids is 1. The van der Waals surface area contributed by atoms with Crippen LogP contribution < -0.4 is 0 Å². The van der Waals surface area contributed by atoms with Crippen LogP contribution in [-0.4, -0.2) is 47.2 Å². The number of hydrogen-bond donors (Lipinski definition) is 1. The van der Waals surface area contributed by atoms with Gasteiger partial charge < -0.3 is 14.7 Å². The van der Waals surface area contributed by atoms with E-state index in [0.29, 0.717) is 25.3 Å². The molecule has 0 bridgehead atoms. The zero-order valence-electron chi connectivity index (χ0n) is 14.3. The van der Waals surface area contributed by atoms with Gasteiger partial charge in [0.1, 0.15) is 6.10 Å². The van der Waals surface area contributed by atoms with Gasteiger partial charge in [0.2, 0.25) is 0 Å². The van der Waals surface area contributed by atoms with E-state index in [1.165, 1.54) is 19.3 Å². The maximum absolute atomic E-state index is 12.8. The molecule has 0 spiro atoms. The van der Waals surface area contributed by atoms with Crippen molar-refractivity contribution in [2.75, 3.05) is 13.1 Å². The second kappa shape index (κ2) is 9.26. The third-order valence-electron chi connectivity index (χ3n) is 5.15. The average molecular weight is 325 g/mol. The van der Waals surface area contributed by atoms with Crippen LogP contribution in [0.3, 0.4) is 0 Å². The van der Waals surface area contributed by atoms with Crippen molar-refractivity contribution < 1.29 is 19.4 Å². The molecule has 2 unspecified atom stereocenters. The third-order valence-corrected chi connectivity index (χ3v) is 5.15. The van der Waals surface area contributed by atoms with E-state index < -0.39 is 5.97 Å². The second-order valence-corrected chi connectivity index (χ2v) is 7.02. The van der Waals surface area contributed by atoms with Crippen LogP contribution in [0.25, 0.3) is 0 Å². The van der Waals surface area contributed by atoms with Gasteiger partial charge in [-0.25, -0.2) is 0 Å². The van der Waals surface area contributed by atoms with Gasteiger partial charge in [0, 0.05) is 19.5 Å². The van der Waals surface area contributed by atoms with Gasteiger partial charge in [-0.2, -0.15) is 0 Å². The lowest BCUT2D eigenvalue weighted by Crippen LogP contribution is -2.46. The SMILES string of the molecule is CCC(OC1CCCCC1)C(=O)N1CCCC(CCC(=O)O)C1. The standard InChI is InChI=1S/C18H31NO4/c1-2-16(23-15-8-4-3-5-9-15)18(22)19-12-6-7-14(13-19)10-11-17(20)21/h14-16H,2-13H2,1H3,(H,20,21). The normalized spacial score (nSPS) is 24.4. The molecular weight excluding hydrogens is 294 g/mol. The molecule has 0 aromatic rings. The van der Waals surface area contributed by atoms with Crippen molar-refractivity contribution in [3.8, 4) is 0 Å². The van der Waals surface area contributed by atoms with E-state index >= 15 is 0 Å². The van der Waals surface area contributed by atoms with Gasteiger partial charge in [-0.3, -0.25) is 9.59 Å². The molecule has 1 N–H and O–H groups in total. The molecular formula is C18H31NO4. The number of ether oxygens (including phenoxy) is 1. The van der Waals surface area contributed by atoms with Gasteiger partial charge in [0.05, 0.1) is 6.10 Å². The van der Waals surface area contributed by atoms with E-state index in [-0.39, 0.29) is 24.5 Å². The Balaban J connectivity index is 1.84. The van der Waals surface area contributed by atoms with Crippen molar-refractivity contribution in [1.29, 1.82) is 0 Å². The molecule has 2 fully saturated rings. The molecule has 0 radical (unpaired) electrons. The number of rotatable bonds is 7. The summed E-state index contributed by atoms with van der Waals surface area (Å²) in [6.45, 7) is 3.49. The number of likely N-dealkylation sites (tertiary alicyclic amines) is 1. The van der Waals surface area contributed by atoms with Crippen LogP contribution in [0.4, 0.5) is 0 Å². The Bertz CT molecular complexity index is 392. The number of carboxylic acids is 1. The van der Waals surface area contributed by atoms with Gasteiger partial charge in [-0.1, -0.05) is 26.2 Å². The highest BCUT2D eigenvalue weighted by Crippen LogP contribution is 2.25. The van der Waals surface area contributed by atoms with Gasteiger partial charge in [-0.05, 0) is 44.4 Å². The highest BCUT2D eigenvalue weighted by atomic mass is 16.5. The first kappa shape index (κ1) is 18.2. The van der Waals surface area contributed by atoms with Gasteiger partial charge in [0.15, 0.2) is 0 Å². The minimum absolute atomic E-state index is 0.109. The Morgan fingerprint density at radius 3 is 2.57 bits per heavy atom. The molecule has 132 valence electrons. The van der Waals surface area contributed by atoms with Gasteiger partial charge in [-0.15, -0.1) is 0 Å². The molecule has 1 heterocycles. The first-order chi connectivity index (χ1) is 11.1. The number of aliphatic carboxylic acids is 1. The molecule has 5 heteroatoms. The summed E-state index contributed by atoms with van der Waals surface area (Å²) in [5.74, 6) is -0.324. The van der Waals surface area contributed by atoms with E-state index in [2.05, 4.69) is 0 Å². The summed E-state index contributed by atoms with van der Waals surface area (Å²) in [6, 6.07) is 0. The van der Waals surface area contributed by atoms with Crippen molar-refractivity contribution in [2.24, 2.45) is 5.92 Å². The molecule has 0 aromatic carbocycles. The third kappa shape index (κ3) is 5.79. The Kier molecular flexibility index (Phi) is 7.34. The van der Waals surface area contributed by atoms with Crippen molar-refractivity contribution in [3.05, 3.63) is 0 Å². The van der Waals surface area contributed by atoms with Crippen LogP contribution in [0.1, 0.15) is 71.1 Å². The lowest BCUT2D eigenvalue weighted by molar-refractivity contribution is -0.151. The van der Waals surface area contributed by atoms with Crippen LogP contribution in [0.2, 0.25) is 0 Å². The maximum atomic E-state index is 12.8. The van der Waals surface area contributed by atoms with Crippen LogP contribution in [0, 0.1) is 5.92 Å². The van der Waals surface area contributed by atoms with E-state index in [1.807, 2.05) is 11.8 Å². The Morgan fingerprint density at radius 1 is 1.17 bits per heavy atom. The second-order valence-electron chi connectivity index (χ2n) is 7.02. The minimum Gasteiger partial charge on any atom is -0.481 e. The zero-order valence-corrected chi connectivity index (χ0v) is 14.3. The van der Waals surface area contributed by atoms with Gasteiger partial charge in [0.25, 0.3) is 5.91 Å². The monoisotopic (exact) mass is 325 g/mol. The van der Waals surface area contributed by atoms with E-state index in [1.54, 1.807) is 0 Å². The summed E-state index contributed by atoms with van der Waals surface area (Å²) >= 11 is 0. The Labute approximate surface area is 139 Å². The fourth-order valence-electron chi connectivity index (χ4n) is 3.79. The molecule has 23 heavy (non-hydrogen) atoms. The Hall–Kier alpha value is -1.10. The molecule has 2 aliphatic rings. The first-order valence-electron chi connectivity index (χ1n) is 9.26. The summed E-state index contributed by atoms with van der Waals surface area (Å²) in [4.78, 5) is 25.4. The summed E-state index contributed by atoms with van der Waals surface area (Å²) in [6.07, 6.45) is 9.33. The van der Waals surface area contributed by atoms with E-state index in [4.69, 9.17) is 9.84 Å². The molecule has 1 amide bonds. The van der Waals surface area contributed by atoms with Crippen LogP contribution in [0.5, 0.6) is 0 Å². The largest absolute Gasteiger partial charge is 0.481 e. The highest BCUT2D eigenvalue weighted by molar-refractivity contribution is 5.81. The van der Waals surface area contributed by atoms with Crippen molar-refractivity contribution >= 4 is 11.9 Å². The number of carbonyl (C=O) groups is 2. The van der Waals surface area contributed by atoms with Crippen molar-refractivity contribution in [3.63, 3.8) is 0 Å². The van der Waals surface area contributed by atoms with Gasteiger partial charge >= 0.3 is 5.97 Å². The molecule has 1 saturated heterocycles. The number of piperidine rings is 1. The average Bonchev–Trinajstić information content (AvgIpc) is 2.58. The highest BCUT2D eigenvalue weighted by Gasteiger charge is 2.30. The molecule has 1 aliphatic carbocycles. The van der Waals surface area contributed by atoms with Crippen LogP contribution >= 0.6 is 0 Å². The number of hydrogen-bond acceptors (Lipinski definition) is 3. The van der Waals surface area contributed by atoms with E-state index in [0.717, 1.165) is 32.2 Å². The summed E-state index contributed by atoms with van der Waals surface area (Å²) < 4.78 is 6.10. The molecule has 0 aromatic heterocycles. The maximum Gasteiger partial charge on any atom is 0.303 e. The quantitative estimate of drug-likeness (QED) is 0.780. The van der Waals surface area contributed by atoms with Crippen LogP contribution in [-0.2, 0) is 14.3 Å². The number of nitrogens with zero attached hydrogens (tertiary/aromatic N) is 1. The van der Waals surface area contributed by atoms with Crippen molar-refractivity contribution in [2.45, 2.75) is 83.3 Å². The molecule has 1 aliphatic heterocycles. The molecule has 2 rings (SSSR count). The molecule has 1 saturated carbocycles. The first-order valence-corrected chi connectivity index (χ1v) is 9.26. The zero-order chi connectivity index (χ0) is 16.7. The Morgan fingerprint density at radius 2 is 1.91 bits per heavy atom. The van der Waals surface area contributed by atoms with Crippen molar-refractivity contribution in [1.82, 2.24) is 4.90 Å². The molecule has 5 nitrogen and oxygen atoms in total. The lowest BCUT2D eigenvalue weighted by Gasteiger charge is -2.36. The van der Waals surface area contributed by atoms with E-state index in [9.17, 15) is 9.59 Å². The summed E-state index contributed by atoms with van der Waals surface area (Å²) in [7, 11) is 0. The number of amides is 1. The molecule has 2 atom stereocenters. The fourth-order valence-corrected chi connectivity index (χ4v) is 3.79. The predicted molar refractivity (Wildman–Crippen MR) is 88.2 cm³/mol.